The van der Waals surface area contributed by atoms with E-state index < -0.39 is 10.0 Å². The van der Waals surface area contributed by atoms with Crippen LogP contribution in [-0.4, -0.2) is 38.1 Å². The Hall–Kier alpha value is -0.980. The molecule has 1 heterocycles. The maximum atomic E-state index is 12.8. The molecule has 6 heteroatoms. The SMILES string of the molecule is CN(Cc1ccc(F)cc1)S(=O)(=O)CC1CCCN1. The van der Waals surface area contributed by atoms with Crippen molar-refractivity contribution >= 4 is 10.0 Å². The number of rotatable bonds is 5. The van der Waals surface area contributed by atoms with Crippen LogP contribution in [0.2, 0.25) is 0 Å². The summed E-state index contributed by atoms with van der Waals surface area (Å²) in [6, 6.07) is 5.95. The molecule has 1 atom stereocenters. The van der Waals surface area contributed by atoms with E-state index in [0.717, 1.165) is 24.9 Å². The summed E-state index contributed by atoms with van der Waals surface area (Å²) in [6.07, 6.45) is 1.94. The molecule has 0 saturated carbocycles. The lowest BCUT2D eigenvalue weighted by Gasteiger charge is -2.19. The zero-order valence-electron chi connectivity index (χ0n) is 11.0. The van der Waals surface area contributed by atoms with Crippen LogP contribution >= 0.6 is 0 Å². The number of sulfonamides is 1. The first-order valence-electron chi connectivity index (χ1n) is 6.39. The molecule has 4 nitrogen and oxygen atoms in total. The highest BCUT2D eigenvalue weighted by Crippen LogP contribution is 2.13. The van der Waals surface area contributed by atoms with Gasteiger partial charge >= 0.3 is 0 Å². The van der Waals surface area contributed by atoms with Gasteiger partial charge in [-0.3, -0.25) is 0 Å². The third-order valence-electron chi connectivity index (χ3n) is 3.37. The fourth-order valence-corrected chi connectivity index (χ4v) is 3.62. The van der Waals surface area contributed by atoms with Crippen LogP contribution in [0, 0.1) is 5.82 Å². The summed E-state index contributed by atoms with van der Waals surface area (Å²) in [5, 5.41) is 3.18. The summed E-state index contributed by atoms with van der Waals surface area (Å²) in [7, 11) is -1.71. The van der Waals surface area contributed by atoms with Gasteiger partial charge in [-0.1, -0.05) is 12.1 Å². The van der Waals surface area contributed by atoms with Crippen molar-refractivity contribution in [1.82, 2.24) is 9.62 Å². The van der Waals surface area contributed by atoms with Crippen LogP contribution in [0.15, 0.2) is 24.3 Å². The van der Waals surface area contributed by atoms with E-state index in [1.54, 1.807) is 19.2 Å². The first-order valence-corrected chi connectivity index (χ1v) is 8.00. The predicted octanol–water partition coefficient (Wildman–Crippen LogP) is 1.34. The summed E-state index contributed by atoms with van der Waals surface area (Å²) in [5.41, 5.74) is 0.784. The van der Waals surface area contributed by atoms with E-state index >= 15 is 0 Å². The molecule has 1 aromatic rings. The van der Waals surface area contributed by atoms with Gasteiger partial charge in [-0.15, -0.1) is 0 Å². The largest absolute Gasteiger partial charge is 0.313 e. The van der Waals surface area contributed by atoms with E-state index in [-0.39, 0.29) is 24.2 Å². The third-order valence-corrected chi connectivity index (χ3v) is 5.27. The van der Waals surface area contributed by atoms with Gasteiger partial charge in [-0.05, 0) is 37.1 Å². The molecule has 1 aromatic carbocycles. The Morgan fingerprint density at radius 1 is 1.37 bits per heavy atom. The Labute approximate surface area is 113 Å². The Balaban J connectivity index is 1.97. The minimum atomic E-state index is -3.27. The molecule has 0 bridgehead atoms. The highest BCUT2D eigenvalue weighted by Gasteiger charge is 2.25. The van der Waals surface area contributed by atoms with Gasteiger partial charge in [0, 0.05) is 19.6 Å². The molecule has 2 rings (SSSR count). The van der Waals surface area contributed by atoms with E-state index in [0.29, 0.717) is 0 Å². The number of nitrogens with one attached hydrogen (secondary N) is 1. The predicted molar refractivity (Wildman–Crippen MR) is 72.7 cm³/mol. The van der Waals surface area contributed by atoms with E-state index in [2.05, 4.69) is 5.32 Å². The van der Waals surface area contributed by atoms with Gasteiger partial charge in [0.15, 0.2) is 0 Å². The molecule has 1 fully saturated rings. The highest BCUT2D eigenvalue weighted by molar-refractivity contribution is 7.89. The van der Waals surface area contributed by atoms with E-state index in [1.165, 1.54) is 16.4 Å². The van der Waals surface area contributed by atoms with E-state index in [4.69, 9.17) is 0 Å². The van der Waals surface area contributed by atoms with Crippen LogP contribution in [0.4, 0.5) is 4.39 Å². The number of halogens is 1. The second-order valence-electron chi connectivity index (χ2n) is 4.95. The second-order valence-corrected chi connectivity index (χ2v) is 7.07. The van der Waals surface area contributed by atoms with Crippen molar-refractivity contribution in [2.75, 3.05) is 19.3 Å². The van der Waals surface area contributed by atoms with Crippen LogP contribution in [0.25, 0.3) is 0 Å². The summed E-state index contributed by atoms with van der Waals surface area (Å²) in [6.45, 7) is 1.16. The molecule has 19 heavy (non-hydrogen) atoms. The quantitative estimate of drug-likeness (QED) is 0.888. The molecule has 0 amide bonds. The monoisotopic (exact) mass is 286 g/mol. The lowest BCUT2D eigenvalue weighted by atomic mass is 10.2. The van der Waals surface area contributed by atoms with Crippen molar-refractivity contribution in [3.05, 3.63) is 35.6 Å². The van der Waals surface area contributed by atoms with Crippen molar-refractivity contribution in [2.45, 2.75) is 25.4 Å². The molecule has 1 N–H and O–H groups in total. The van der Waals surface area contributed by atoms with Crippen LogP contribution in [0.3, 0.4) is 0 Å². The number of hydrogen-bond acceptors (Lipinski definition) is 3. The number of benzene rings is 1. The summed E-state index contributed by atoms with van der Waals surface area (Å²) >= 11 is 0. The molecule has 1 aliphatic rings. The van der Waals surface area contributed by atoms with Gasteiger partial charge in [0.2, 0.25) is 10.0 Å². The normalized spacial score (nSPS) is 20.1. The lowest BCUT2D eigenvalue weighted by Crippen LogP contribution is -2.37. The van der Waals surface area contributed by atoms with Crippen molar-refractivity contribution in [3.63, 3.8) is 0 Å². The maximum Gasteiger partial charge on any atom is 0.215 e. The van der Waals surface area contributed by atoms with Gasteiger partial charge in [0.25, 0.3) is 0 Å². The van der Waals surface area contributed by atoms with Crippen LogP contribution in [0.5, 0.6) is 0 Å². The molecule has 1 unspecified atom stereocenters. The van der Waals surface area contributed by atoms with Gasteiger partial charge in [0.1, 0.15) is 5.82 Å². The zero-order valence-corrected chi connectivity index (χ0v) is 11.8. The first kappa shape index (κ1) is 14.4. The minimum absolute atomic E-state index is 0.0562. The summed E-state index contributed by atoms with van der Waals surface area (Å²) in [4.78, 5) is 0. The molecule has 0 spiro atoms. The van der Waals surface area contributed by atoms with E-state index in [1.807, 2.05) is 0 Å². The number of nitrogens with zero attached hydrogens (tertiary/aromatic N) is 1. The summed E-state index contributed by atoms with van der Waals surface area (Å²) < 4.78 is 38.5. The highest BCUT2D eigenvalue weighted by atomic mass is 32.2. The lowest BCUT2D eigenvalue weighted by molar-refractivity contribution is 0.459. The zero-order chi connectivity index (χ0) is 13.9. The molecule has 1 saturated heterocycles. The van der Waals surface area contributed by atoms with Crippen molar-refractivity contribution in [1.29, 1.82) is 0 Å². The maximum absolute atomic E-state index is 12.8. The fourth-order valence-electron chi connectivity index (χ4n) is 2.23. The molecule has 0 aromatic heterocycles. The first-order chi connectivity index (χ1) is 8.97. The Morgan fingerprint density at radius 2 is 2.05 bits per heavy atom. The average Bonchev–Trinajstić information content (AvgIpc) is 2.84. The van der Waals surface area contributed by atoms with E-state index in [9.17, 15) is 12.8 Å². The molecule has 1 aliphatic heterocycles. The van der Waals surface area contributed by atoms with Gasteiger partial charge < -0.3 is 5.32 Å². The van der Waals surface area contributed by atoms with Gasteiger partial charge in [0.05, 0.1) is 5.75 Å². The summed E-state index contributed by atoms with van der Waals surface area (Å²) in [5.74, 6) is -0.186. The standard InChI is InChI=1S/C13H19FN2O2S/c1-16(9-11-4-6-12(14)7-5-11)19(17,18)10-13-3-2-8-15-13/h4-7,13,15H,2-3,8-10H2,1H3. The van der Waals surface area contributed by atoms with Crippen LogP contribution in [-0.2, 0) is 16.6 Å². The Morgan fingerprint density at radius 3 is 2.63 bits per heavy atom. The molecule has 106 valence electrons. The number of hydrogen-bond donors (Lipinski definition) is 1. The molecular weight excluding hydrogens is 267 g/mol. The fraction of sp³-hybridized carbons (Fsp3) is 0.538. The van der Waals surface area contributed by atoms with Crippen LogP contribution in [0.1, 0.15) is 18.4 Å². The topological polar surface area (TPSA) is 49.4 Å². The van der Waals surface area contributed by atoms with Gasteiger partial charge in [-0.2, -0.15) is 0 Å². The van der Waals surface area contributed by atoms with Gasteiger partial charge in [-0.25, -0.2) is 17.1 Å². The Bertz CT molecular complexity index is 510. The van der Waals surface area contributed by atoms with Crippen molar-refractivity contribution in [3.8, 4) is 0 Å². The van der Waals surface area contributed by atoms with Crippen LogP contribution < -0.4 is 5.32 Å². The molecule has 0 aliphatic carbocycles. The minimum Gasteiger partial charge on any atom is -0.313 e. The smallest absolute Gasteiger partial charge is 0.215 e. The van der Waals surface area contributed by atoms with Crippen molar-refractivity contribution in [2.24, 2.45) is 0 Å². The second kappa shape index (κ2) is 5.98. The Kier molecular flexibility index (Phi) is 4.54. The third kappa shape index (κ3) is 3.99. The van der Waals surface area contributed by atoms with Crippen molar-refractivity contribution < 1.29 is 12.8 Å². The molecule has 0 radical (unpaired) electrons. The molecular formula is C13H19FN2O2S. The average molecular weight is 286 g/mol.